The van der Waals surface area contributed by atoms with Crippen molar-refractivity contribution >= 4 is 11.7 Å². The predicted octanol–water partition coefficient (Wildman–Crippen LogP) is 3.53. The van der Waals surface area contributed by atoms with Crippen LogP contribution in [0.25, 0.3) is 0 Å². The molecule has 31 heavy (non-hydrogen) atoms. The summed E-state index contributed by atoms with van der Waals surface area (Å²) in [6, 6.07) is 0.118. The Kier molecular flexibility index (Phi) is 5.95. The molecule has 0 radical (unpaired) electrons. The molecule has 2 N–H and O–H groups in total. The van der Waals surface area contributed by atoms with Crippen molar-refractivity contribution in [2.24, 2.45) is 11.8 Å². The lowest BCUT2D eigenvalue weighted by molar-refractivity contribution is -0.130. The third-order valence-electron chi connectivity index (χ3n) is 7.39. The van der Waals surface area contributed by atoms with Gasteiger partial charge < -0.3 is 15.5 Å². The molecule has 5 aliphatic rings. The first kappa shape index (κ1) is 20.5. The Morgan fingerprint density at radius 2 is 1.87 bits per heavy atom. The average Bonchev–Trinajstić information content (AvgIpc) is 3.36. The average molecular weight is 420 g/mol. The maximum Gasteiger partial charge on any atom is 0.232 e. The number of fused-ring (bicyclic) bond motifs is 1. The Morgan fingerprint density at radius 3 is 2.68 bits per heavy atom. The second-order valence-electron chi connectivity index (χ2n) is 9.30. The van der Waals surface area contributed by atoms with Gasteiger partial charge in [-0.15, -0.1) is 0 Å². The first-order chi connectivity index (χ1) is 15.2. The van der Waals surface area contributed by atoms with Gasteiger partial charge in [-0.1, -0.05) is 42.5 Å². The highest BCUT2D eigenvalue weighted by molar-refractivity contribution is 5.98. The molecular weight excluding hydrogens is 386 g/mol. The zero-order chi connectivity index (χ0) is 21.2. The largest absolute Gasteiger partial charge is 0.382 e. The summed E-state index contributed by atoms with van der Waals surface area (Å²) in [5.41, 5.74) is 3.14. The number of hydrogen-bond acceptors (Lipinski definition) is 4. The quantitative estimate of drug-likeness (QED) is 0.531. The summed E-state index contributed by atoms with van der Waals surface area (Å²) in [6.45, 7) is 1.63. The minimum atomic E-state index is -0.114. The summed E-state index contributed by atoms with van der Waals surface area (Å²) in [5.74, 6) is 0.390. The molecule has 3 aliphatic heterocycles. The second kappa shape index (κ2) is 8.99. The Bertz CT molecular complexity index is 894. The van der Waals surface area contributed by atoms with Crippen LogP contribution in [-0.4, -0.2) is 41.8 Å². The number of carbonyl (C=O) groups is 2. The van der Waals surface area contributed by atoms with Crippen LogP contribution in [0.2, 0.25) is 0 Å². The van der Waals surface area contributed by atoms with Gasteiger partial charge in [0.2, 0.25) is 5.91 Å². The predicted molar refractivity (Wildman–Crippen MR) is 122 cm³/mol. The van der Waals surface area contributed by atoms with E-state index in [0.29, 0.717) is 13.0 Å². The molecule has 2 aliphatic carbocycles. The van der Waals surface area contributed by atoms with Crippen LogP contribution in [0.3, 0.4) is 0 Å². The molecule has 2 saturated heterocycles. The van der Waals surface area contributed by atoms with Gasteiger partial charge in [-0.3, -0.25) is 9.59 Å². The number of nitrogens with zero attached hydrogens (tertiary/aromatic N) is 1. The maximum atomic E-state index is 13.7. The van der Waals surface area contributed by atoms with Gasteiger partial charge in [-0.2, -0.15) is 0 Å². The molecule has 0 aromatic heterocycles. The lowest BCUT2D eigenvalue weighted by atomic mass is 9.85. The third-order valence-corrected chi connectivity index (χ3v) is 7.39. The first-order valence-corrected chi connectivity index (χ1v) is 12.0. The van der Waals surface area contributed by atoms with E-state index in [1.54, 1.807) is 0 Å². The number of ketones is 1. The number of allylic oxidation sites excluding steroid dienone is 7. The number of rotatable bonds is 2. The number of carbonyl (C=O) groups excluding carboxylic acids is 2. The van der Waals surface area contributed by atoms with Gasteiger partial charge in [0.1, 0.15) is 0 Å². The van der Waals surface area contributed by atoms with Crippen molar-refractivity contribution in [3.8, 4) is 0 Å². The third kappa shape index (κ3) is 3.96. The van der Waals surface area contributed by atoms with E-state index in [4.69, 9.17) is 0 Å². The SMILES string of the molecule is O=C1C/C=C\C=C/CC/C1=C1/NC(C2C=CCCN2)C2C(=O)N(C3=CCCCC3)CC12. The van der Waals surface area contributed by atoms with Crippen LogP contribution < -0.4 is 10.6 Å². The van der Waals surface area contributed by atoms with E-state index in [1.165, 1.54) is 12.1 Å². The van der Waals surface area contributed by atoms with E-state index in [1.807, 2.05) is 18.2 Å². The lowest BCUT2D eigenvalue weighted by Gasteiger charge is -2.30. The minimum Gasteiger partial charge on any atom is -0.382 e. The highest BCUT2D eigenvalue weighted by atomic mass is 16.2. The normalized spacial score (nSPS) is 38.1. The van der Waals surface area contributed by atoms with Gasteiger partial charge >= 0.3 is 0 Å². The summed E-state index contributed by atoms with van der Waals surface area (Å²) < 4.78 is 0. The van der Waals surface area contributed by atoms with E-state index < -0.39 is 0 Å². The van der Waals surface area contributed by atoms with Crippen LogP contribution in [0.1, 0.15) is 51.4 Å². The Balaban J connectivity index is 1.52. The number of likely N-dealkylation sites (tertiary alicyclic amines) is 1. The van der Waals surface area contributed by atoms with Gasteiger partial charge in [-0.25, -0.2) is 0 Å². The van der Waals surface area contributed by atoms with E-state index in [2.05, 4.69) is 39.8 Å². The number of hydrogen-bond donors (Lipinski definition) is 2. The molecule has 1 amide bonds. The van der Waals surface area contributed by atoms with Crippen molar-refractivity contribution in [2.45, 2.75) is 63.5 Å². The molecular formula is C26H33N3O2. The van der Waals surface area contributed by atoms with Crippen molar-refractivity contribution in [1.82, 2.24) is 15.5 Å². The fraction of sp³-hybridized carbons (Fsp3) is 0.538. The molecule has 4 atom stereocenters. The van der Waals surface area contributed by atoms with Gasteiger partial charge in [0, 0.05) is 41.9 Å². The Morgan fingerprint density at radius 1 is 0.968 bits per heavy atom. The summed E-state index contributed by atoms with van der Waals surface area (Å²) in [4.78, 5) is 28.9. The molecule has 5 rings (SSSR count). The van der Waals surface area contributed by atoms with Crippen molar-refractivity contribution in [3.63, 3.8) is 0 Å². The van der Waals surface area contributed by atoms with Crippen molar-refractivity contribution in [1.29, 1.82) is 0 Å². The van der Waals surface area contributed by atoms with E-state index >= 15 is 0 Å². The molecule has 0 saturated carbocycles. The summed E-state index contributed by atoms with van der Waals surface area (Å²) in [6.07, 6.45) is 22.2. The Labute approximate surface area is 185 Å². The van der Waals surface area contributed by atoms with Gasteiger partial charge in [0.05, 0.1) is 12.0 Å². The molecule has 0 bridgehead atoms. The maximum absolute atomic E-state index is 13.7. The molecule has 4 unspecified atom stereocenters. The van der Waals surface area contributed by atoms with Crippen molar-refractivity contribution in [3.05, 3.63) is 59.5 Å². The molecule has 2 fully saturated rings. The fourth-order valence-electron chi connectivity index (χ4n) is 5.85. The van der Waals surface area contributed by atoms with E-state index in [-0.39, 0.29) is 35.6 Å². The zero-order valence-corrected chi connectivity index (χ0v) is 18.2. The number of amides is 1. The molecule has 0 spiro atoms. The molecule has 0 aromatic rings. The molecule has 3 heterocycles. The minimum absolute atomic E-state index is 0.00254. The van der Waals surface area contributed by atoms with Crippen LogP contribution in [-0.2, 0) is 9.59 Å². The van der Waals surface area contributed by atoms with Gasteiger partial charge in [0.15, 0.2) is 5.78 Å². The first-order valence-electron chi connectivity index (χ1n) is 12.0. The summed E-state index contributed by atoms with van der Waals surface area (Å²) >= 11 is 0. The van der Waals surface area contributed by atoms with Gasteiger partial charge in [0.25, 0.3) is 0 Å². The van der Waals surface area contributed by atoms with E-state index in [0.717, 1.165) is 56.3 Å². The lowest BCUT2D eigenvalue weighted by Crippen LogP contribution is -2.50. The molecule has 164 valence electrons. The van der Waals surface area contributed by atoms with Crippen LogP contribution >= 0.6 is 0 Å². The standard InChI is InChI=1S/C26H33N3O2/c30-22-15-8-3-1-2-7-13-19(22)24-20-17-29(18-11-5-4-6-12-18)26(31)23(20)25(28-24)21-14-9-10-16-27-21/h1-3,8-9,11,14,20-21,23,25,27-28H,4-7,10,12-13,15-17H2/b2-1-,8-3-,24-19-. The van der Waals surface area contributed by atoms with Crippen molar-refractivity contribution in [2.75, 3.05) is 13.1 Å². The van der Waals surface area contributed by atoms with E-state index in [9.17, 15) is 9.59 Å². The summed E-state index contributed by atoms with van der Waals surface area (Å²) in [5, 5.41) is 7.31. The fourth-order valence-corrected chi connectivity index (χ4v) is 5.85. The van der Waals surface area contributed by atoms with Crippen LogP contribution in [0, 0.1) is 11.8 Å². The monoisotopic (exact) mass is 419 g/mol. The zero-order valence-electron chi connectivity index (χ0n) is 18.2. The van der Waals surface area contributed by atoms with Crippen LogP contribution in [0.15, 0.2) is 59.5 Å². The van der Waals surface area contributed by atoms with Crippen molar-refractivity contribution < 1.29 is 9.59 Å². The summed E-state index contributed by atoms with van der Waals surface area (Å²) in [7, 11) is 0. The second-order valence-corrected chi connectivity index (χ2v) is 9.30. The number of nitrogens with one attached hydrogen (secondary N) is 2. The van der Waals surface area contributed by atoms with Gasteiger partial charge in [-0.05, 0) is 51.5 Å². The number of Topliss-reactive ketones (excluding diaryl/α,β-unsaturated/α-hetero) is 1. The molecule has 5 nitrogen and oxygen atoms in total. The van der Waals surface area contributed by atoms with Crippen LogP contribution in [0.5, 0.6) is 0 Å². The molecule has 5 heteroatoms. The van der Waals surface area contributed by atoms with Crippen LogP contribution in [0.4, 0.5) is 0 Å². The molecule has 0 aromatic carbocycles. The topological polar surface area (TPSA) is 61.4 Å². The Hall–Kier alpha value is -2.40. The highest BCUT2D eigenvalue weighted by Gasteiger charge is 2.54. The highest BCUT2D eigenvalue weighted by Crippen LogP contribution is 2.44. The smallest absolute Gasteiger partial charge is 0.232 e.